The molecule has 0 saturated carbocycles. The summed E-state index contributed by atoms with van der Waals surface area (Å²) in [6, 6.07) is 13.1. The number of methoxy groups -OCH3 is 1. The van der Waals surface area contributed by atoms with E-state index in [1.807, 2.05) is 49.4 Å². The topological polar surface area (TPSA) is 59.9 Å². The van der Waals surface area contributed by atoms with E-state index in [0.29, 0.717) is 22.4 Å². The van der Waals surface area contributed by atoms with Crippen LogP contribution in [0.5, 0.6) is 11.5 Å². The third-order valence-electron chi connectivity index (χ3n) is 3.51. The van der Waals surface area contributed by atoms with Gasteiger partial charge in [0.1, 0.15) is 11.5 Å². The highest BCUT2D eigenvalue weighted by molar-refractivity contribution is 9.10. The Morgan fingerprint density at radius 1 is 1.23 bits per heavy atom. The molecule has 134 valence electrons. The Balaban J connectivity index is 1.81. The molecule has 0 atom stereocenters. The summed E-state index contributed by atoms with van der Waals surface area (Å²) in [5.41, 5.74) is 1.57. The largest absolute Gasteiger partial charge is 0.496 e. The number of ether oxygens (including phenoxy) is 2. The number of aliphatic imine (C=N–C) groups is 1. The van der Waals surface area contributed by atoms with Gasteiger partial charge in [0.15, 0.2) is 5.17 Å². The lowest BCUT2D eigenvalue weighted by atomic mass is 10.2. The molecule has 1 aliphatic heterocycles. The van der Waals surface area contributed by atoms with E-state index in [4.69, 9.17) is 9.47 Å². The first kappa shape index (κ1) is 18.5. The Hall–Kier alpha value is -2.25. The number of benzene rings is 2. The summed E-state index contributed by atoms with van der Waals surface area (Å²) in [6.45, 7) is 2.56. The third-order valence-corrected chi connectivity index (χ3v) is 4.91. The van der Waals surface area contributed by atoms with Gasteiger partial charge in [0, 0.05) is 10.0 Å². The number of carbonyl (C=O) groups is 1. The number of nitrogens with one attached hydrogen (secondary N) is 1. The average Bonchev–Trinajstić information content (AvgIpc) is 2.96. The monoisotopic (exact) mass is 432 g/mol. The molecule has 0 radical (unpaired) electrons. The minimum atomic E-state index is -0.179. The second-order valence-electron chi connectivity index (χ2n) is 5.29. The van der Waals surface area contributed by atoms with Crippen molar-refractivity contribution in [2.75, 3.05) is 13.7 Å². The summed E-state index contributed by atoms with van der Waals surface area (Å²) >= 11 is 4.73. The highest BCUT2D eigenvalue weighted by atomic mass is 79.9. The zero-order valence-electron chi connectivity index (χ0n) is 14.3. The maximum absolute atomic E-state index is 12.2. The molecule has 26 heavy (non-hydrogen) atoms. The van der Waals surface area contributed by atoms with Crippen LogP contribution in [0.4, 0.5) is 5.69 Å². The molecule has 0 aromatic heterocycles. The Labute approximate surface area is 164 Å². The third kappa shape index (κ3) is 4.47. The summed E-state index contributed by atoms with van der Waals surface area (Å²) in [4.78, 5) is 17.3. The van der Waals surface area contributed by atoms with E-state index in [1.165, 1.54) is 11.8 Å². The minimum absolute atomic E-state index is 0.179. The highest BCUT2D eigenvalue weighted by Crippen LogP contribution is 2.32. The number of amides is 1. The molecule has 1 aliphatic rings. The summed E-state index contributed by atoms with van der Waals surface area (Å²) in [6.07, 6.45) is 1.80. The van der Waals surface area contributed by atoms with Gasteiger partial charge in [-0.15, -0.1) is 0 Å². The van der Waals surface area contributed by atoms with Crippen LogP contribution in [0.15, 0.2) is 56.8 Å². The molecule has 1 heterocycles. The number of thioether (sulfide) groups is 1. The maximum atomic E-state index is 12.2. The summed E-state index contributed by atoms with van der Waals surface area (Å²) in [7, 11) is 1.60. The predicted octanol–water partition coefficient (Wildman–Crippen LogP) is 4.75. The van der Waals surface area contributed by atoms with Gasteiger partial charge in [0.05, 0.1) is 24.3 Å². The molecule has 1 saturated heterocycles. The highest BCUT2D eigenvalue weighted by Gasteiger charge is 2.24. The Bertz CT molecular complexity index is 879. The standard InChI is InChI=1S/C19H17BrN2O3S/c1-3-25-15-7-5-14(6-8-15)21-19-22-18(23)17(26-19)11-12-10-13(20)4-9-16(12)24-2/h4-11H,3H2,1-2H3,(H,21,22,23)/b17-11+. The second kappa shape index (κ2) is 8.42. The van der Waals surface area contributed by atoms with Crippen LogP contribution in [0.25, 0.3) is 6.08 Å². The molecule has 1 N–H and O–H groups in total. The molecule has 3 rings (SSSR count). The molecule has 7 heteroatoms. The lowest BCUT2D eigenvalue weighted by molar-refractivity contribution is -0.115. The van der Waals surface area contributed by atoms with Crippen LogP contribution in [0, 0.1) is 0 Å². The Morgan fingerprint density at radius 3 is 2.69 bits per heavy atom. The van der Waals surface area contributed by atoms with E-state index in [2.05, 4.69) is 26.2 Å². The molecule has 5 nitrogen and oxygen atoms in total. The van der Waals surface area contributed by atoms with Crippen molar-refractivity contribution in [3.63, 3.8) is 0 Å². The lowest BCUT2D eigenvalue weighted by Crippen LogP contribution is -2.19. The van der Waals surface area contributed by atoms with E-state index in [-0.39, 0.29) is 5.91 Å². The average molecular weight is 433 g/mol. The molecule has 0 spiro atoms. The van der Waals surface area contributed by atoms with Crippen LogP contribution >= 0.6 is 27.7 Å². The Kier molecular flexibility index (Phi) is 6.00. The first-order valence-electron chi connectivity index (χ1n) is 7.95. The van der Waals surface area contributed by atoms with E-state index in [1.54, 1.807) is 13.2 Å². The second-order valence-corrected chi connectivity index (χ2v) is 7.24. The van der Waals surface area contributed by atoms with Gasteiger partial charge in [-0.1, -0.05) is 15.9 Å². The SMILES string of the molecule is CCOc1ccc(N=C2NC(=O)/C(=C\c3cc(Br)ccc3OC)S2)cc1. The first-order chi connectivity index (χ1) is 12.6. The quantitative estimate of drug-likeness (QED) is 0.692. The van der Waals surface area contributed by atoms with Crippen LogP contribution in [-0.2, 0) is 4.79 Å². The first-order valence-corrected chi connectivity index (χ1v) is 9.56. The van der Waals surface area contributed by atoms with Crippen molar-refractivity contribution in [2.45, 2.75) is 6.92 Å². The van der Waals surface area contributed by atoms with Crippen molar-refractivity contribution < 1.29 is 14.3 Å². The van der Waals surface area contributed by atoms with Crippen LogP contribution in [-0.4, -0.2) is 24.8 Å². The fourth-order valence-electron chi connectivity index (χ4n) is 2.34. The van der Waals surface area contributed by atoms with Gasteiger partial charge in [-0.2, -0.15) is 0 Å². The van der Waals surface area contributed by atoms with E-state index in [9.17, 15) is 4.79 Å². The lowest BCUT2D eigenvalue weighted by Gasteiger charge is -2.05. The molecule has 1 amide bonds. The molecular weight excluding hydrogens is 416 g/mol. The molecule has 0 aliphatic carbocycles. The van der Waals surface area contributed by atoms with Crippen molar-refractivity contribution in [1.82, 2.24) is 5.32 Å². The number of hydrogen-bond donors (Lipinski definition) is 1. The van der Waals surface area contributed by atoms with Crippen LogP contribution in [0.3, 0.4) is 0 Å². The normalized spacial score (nSPS) is 16.8. The number of amidine groups is 1. The molecule has 2 aromatic carbocycles. The molecular formula is C19H17BrN2O3S. The van der Waals surface area contributed by atoms with E-state index in [0.717, 1.165) is 21.5 Å². The summed E-state index contributed by atoms with van der Waals surface area (Å²) < 4.78 is 11.7. The van der Waals surface area contributed by atoms with Gasteiger partial charge >= 0.3 is 0 Å². The number of nitrogens with zero attached hydrogens (tertiary/aromatic N) is 1. The zero-order chi connectivity index (χ0) is 18.5. The fraction of sp³-hybridized carbons (Fsp3) is 0.158. The zero-order valence-corrected chi connectivity index (χ0v) is 16.7. The van der Waals surface area contributed by atoms with Gasteiger partial charge in [-0.25, -0.2) is 4.99 Å². The molecule has 2 aromatic rings. The number of hydrogen-bond acceptors (Lipinski definition) is 5. The van der Waals surface area contributed by atoms with E-state index >= 15 is 0 Å². The van der Waals surface area contributed by atoms with Crippen molar-refractivity contribution in [2.24, 2.45) is 4.99 Å². The van der Waals surface area contributed by atoms with Crippen molar-refractivity contribution in [1.29, 1.82) is 0 Å². The number of halogens is 1. The van der Waals surface area contributed by atoms with Gasteiger partial charge in [-0.05, 0) is 67.2 Å². The van der Waals surface area contributed by atoms with Gasteiger partial charge in [-0.3, -0.25) is 4.79 Å². The Morgan fingerprint density at radius 2 is 2.00 bits per heavy atom. The van der Waals surface area contributed by atoms with Crippen LogP contribution in [0.2, 0.25) is 0 Å². The van der Waals surface area contributed by atoms with Crippen molar-refractivity contribution >= 4 is 50.5 Å². The summed E-state index contributed by atoms with van der Waals surface area (Å²) in [5, 5.41) is 3.33. The van der Waals surface area contributed by atoms with Gasteiger partial charge < -0.3 is 14.8 Å². The number of rotatable bonds is 5. The predicted molar refractivity (Wildman–Crippen MR) is 109 cm³/mol. The minimum Gasteiger partial charge on any atom is -0.496 e. The van der Waals surface area contributed by atoms with Crippen LogP contribution < -0.4 is 14.8 Å². The van der Waals surface area contributed by atoms with Crippen molar-refractivity contribution in [3.05, 3.63) is 57.4 Å². The van der Waals surface area contributed by atoms with Crippen LogP contribution in [0.1, 0.15) is 12.5 Å². The van der Waals surface area contributed by atoms with Gasteiger partial charge in [0.25, 0.3) is 5.91 Å². The van der Waals surface area contributed by atoms with E-state index < -0.39 is 0 Å². The molecule has 0 unspecified atom stereocenters. The summed E-state index contributed by atoms with van der Waals surface area (Å²) in [5.74, 6) is 1.31. The van der Waals surface area contributed by atoms with Crippen molar-refractivity contribution in [3.8, 4) is 11.5 Å². The number of carbonyl (C=O) groups excluding carboxylic acids is 1. The smallest absolute Gasteiger partial charge is 0.264 e. The van der Waals surface area contributed by atoms with Gasteiger partial charge in [0.2, 0.25) is 0 Å². The fourth-order valence-corrected chi connectivity index (χ4v) is 3.55. The molecule has 1 fully saturated rings. The molecule has 0 bridgehead atoms. The maximum Gasteiger partial charge on any atom is 0.264 e.